The lowest BCUT2D eigenvalue weighted by atomic mass is 10.0. The summed E-state index contributed by atoms with van der Waals surface area (Å²) in [6.45, 7) is 4.10. The summed E-state index contributed by atoms with van der Waals surface area (Å²) in [7, 11) is 3.90. The second-order valence-electron chi connectivity index (χ2n) is 9.53. The van der Waals surface area contributed by atoms with E-state index in [9.17, 15) is 9.90 Å². The molecule has 0 spiro atoms. The van der Waals surface area contributed by atoms with Crippen LogP contribution in [0.3, 0.4) is 0 Å². The molecule has 1 aliphatic heterocycles. The molecule has 2 N–H and O–H groups in total. The summed E-state index contributed by atoms with van der Waals surface area (Å²) in [5, 5.41) is 12.3. The smallest absolute Gasteiger partial charge is 0.240 e. The van der Waals surface area contributed by atoms with Crippen LogP contribution in [0, 0.1) is 0 Å². The van der Waals surface area contributed by atoms with Gasteiger partial charge in [-0.3, -0.25) is 9.69 Å². The Hall–Kier alpha value is -3.17. The fourth-order valence-corrected chi connectivity index (χ4v) is 5.46. The van der Waals surface area contributed by atoms with E-state index in [-0.39, 0.29) is 11.8 Å². The number of amides is 1. The fraction of sp³-hybridized carbons (Fsp3) is 0.241. The molecule has 1 aliphatic rings. The van der Waals surface area contributed by atoms with E-state index in [2.05, 4.69) is 37.8 Å². The maximum Gasteiger partial charge on any atom is 0.240 e. The van der Waals surface area contributed by atoms with Gasteiger partial charge in [0, 0.05) is 53.7 Å². The first-order valence-corrected chi connectivity index (χ1v) is 13.6. The van der Waals surface area contributed by atoms with Crippen molar-refractivity contribution in [3.05, 3.63) is 87.4 Å². The van der Waals surface area contributed by atoms with Gasteiger partial charge in [0.05, 0.1) is 34.7 Å². The van der Waals surface area contributed by atoms with Crippen LogP contribution in [0.2, 0.25) is 5.02 Å². The van der Waals surface area contributed by atoms with Crippen molar-refractivity contribution in [3.63, 3.8) is 0 Å². The summed E-state index contributed by atoms with van der Waals surface area (Å²) in [6, 6.07) is 20.8. The van der Waals surface area contributed by atoms with Crippen LogP contribution in [0.5, 0.6) is 5.88 Å². The number of aliphatic imine (C=N–C) groups is 1. The third kappa shape index (κ3) is 5.63. The van der Waals surface area contributed by atoms with Gasteiger partial charge in [0.25, 0.3) is 0 Å². The van der Waals surface area contributed by atoms with Gasteiger partial charge in [-0.15, -0.1) is 0 Å². The Labute approximate surface area is 235 Å². The van der Waals surface area contributed by atoms with Gasteiger partial charge in [-0.05, 0) is 53.3 Å². The number of rotatable bonds is 6. The largest absolute Gasteiger partial charge is 0.494 e. The highest BCUT2D eigenvalue weighted by molar-refractivity contribution is 9.10. The standard InChI is InChI=1S/C29H29BrClN5O2/c1-34-12-14-36(15-13-34)18-26(37)35(2)25-11-9-21(17-23(25)30)32-28(19-6-4-3-5-7-19)27-22-10-8-20(31)16-24(22)33-29(27)38/h3-11,16-17,33,38H,12-15,18H2,1-2H3. The molecular formula is C29H29BrClN5O2. The van der Waals surface area contributed by atoms with Gasteiger partial charge in [-0.1, -0.05) is 48.0 Å². The zero-order valence-electron chi connectivity index (χ0n) is 21.3. The lowest BCUT2D eigenvalue weighted by Gasteiger charge is -2.33. The maximum atomic E-state index is 13.0. The Morgan fingerprint density at radius 2 is 1.82 bits per heavy atom. The molecule has 1 amide bonds. The molecule has 1 fully saturated rings. The van der Waals surface area contributed by atoms with Crippen molar-refractivity contribution < 1.29 is 9.90 Å². The molecule has 0 bridgehead atoms. The molecule has 0 unspecified atom stereocenters. The van der Waals surface area contributed by atoms with Crippen molar-refractivity contribution in [1.82, 2.24) is 14.8 Å². The average molecular weight is 595 g/mol. The minimum absolute atomic E-state index is 0.0230. The maximum absolute atomic E-state index is 13.0. The van der Waals surface area contributed by atoms with E-state index in [1.165, 1.54) is 0 Å². The molecule has 0 radical (unpaired) electrons. The number of aromatic nitrogens is 1. The SMILES string of the molecule is CN1CCN(CC(=O)N(C)c2ccc(N=C(c3ccccc3)c3c(O)[nH]c4cc(Cl)ccc34)cc2Br)CC1. The highest BCUT2D eigenvalue weighted by Gasteiger charge is 2.22. The number of benzene rings is 3. The van der Waals surface area contributed by atoms with Crippen molar-refractivity contribution in [2.24, 2.45) is 4.99 Å². The Bertz CT molecular complexity index is 1500. The Kier molecular flexibility index (Phi) is 7.85. The number of H-pyrrole nitrogens is 1. The van der Waals surface area contributed by atoms with Crippen LogP contribution in [-0.2, 0) is 4.79 Å². The quantitative estimate of drug-likeness (QED) is 0.282. The lowest BCUT2D eigenvalue weighted by molar-refractivity contribution is -0.119. The van der Waals surface area contributed by atoms with Crippen LogP contribution in [0.1, 0.15) is 11.1 Å². The Balaban J connectivity index is 1.47. The fourth-order valence-electron chi connectivity index (χ4n) is 4.66. The zero-order valence-corrected chi connectivity index (χ0v) is 23.6. The number of nitrogens with one attached hydrogen (secondary N) is 1. The second-order valence-corrected chi connectivity index (χ2v) is 10.8. The zero-order chi connectivity index (χ0) is 26.8. The summed E-state index contributed by atoms with van der Waals surface area (Å²) < 4.78 is 0.760. The third-order valence-corrected chi connectivity index (χ3v) is 7.76. The van der Waals surface area contributed by atoms with Crippen LogP contribution in [-0.4, -0.2) is 78.3 Å². The summed E-state index contributed by atoms with van der Waals surface area (Å²) >= 11 is 9.83. The van der Waals surface area contributed by atoms with E-state index in [0.717, 1.165) is 52.8 Å². The number of likely N-dealkylation sites (N-methyl/N-ethyl adjacent to an activating group) is 2. The number of fused-ring (bicyclic) bond motifs is 1. The highest BCUT2D eigenvalue weighted by atomic mass is 79.9. The van der Waals surface area contributed by atoms with Crippen molar-refractivity contribution in [3.8, 4) is 5.88 Å². The van der Waals surface area contributed by atoms with Gasteiger partial charge in [0.15, 0.2) is 5.88 Å². The molecule has 3 aromatic carbocycles. The minimum Gasteiger partial charge on any atom is -0.494 e. The summed E-state index contributed by atoms with van der Waals surface area (Å²) in [5.74, 6) is 0.0636. The summed E-state index contributed by atoms with van der Waals surface area (Å²) in [6.07, 6.45) is 0. The number of halogens is 2. The monoisotopic (exact) mass is 593 g/mol. The van der Waals surface area contributed by atoms with Crippen LogP contribution in [0.25, 0.3) is 10.9 Å². The number of piperazine rings is 1. The van der Waals surface area contributed by atoms with Gasteiger partial charge >= 0.3 is 0 Å². The van der Waals surface area contributed by atoms with Crippen LogP contribution < -0.4 is 4.90 Å². The average Bonchev–Trinajstić information content (AvgIpc) is 3.23. The van der Waals surface area contributed by atoms with Crippen LogP contribution in [0.15, 0.2) is 76.2 Å². The molecule has 38 heavy (non-hydrogen) atoms. The van der Waals surface area contributed by atoms with Crippen molar-refractivity contribution in [2.45, 2.75) is 0 Å². The molecule has 0 saturated carbocycles. The third-order valence-electron chi connectivity index (χ3n) is 6.89. The molecule has 1 aromatic heterocycles. The molecule has 4 aromatic rings. The number of hydrogen-bond acceptors (Lipinski definition) is 5. The minimum atomic E-state index is 0.0230. The highest BCUT2D eigenvalue weighted by Crippen LogP contribution is 2.35. The van der Waals surface area contributed by atoms with E-state index >= 15 is 0 Å². The molecule has 7 nitrogen and oxygen atoms in total. The first-order chi connectivity index (χ1) is 18.3. The van der Waals surface area contributed by atoms with Crippen LogP contribution >= 0.6 is 27.5 Å². The topological polar surface area (TPSA) is 75.2 Å². The molecule has 196 valence electrons. The predicted molar refractivity (Wildman–Crippen MR) is 158 cm³/mol. The van der Waals surface area contributed by atoms with Gasteiger partial charge < -0.3 is 19.9 Å². The number of aromatic hydroxyl groups is 1. The normalized spacial score (nSPS) is 15.2. The molecule has 5 rings (SSSR count). The van der Waals surface area contributed by atoms with Gasteiger partial charge in [-0.25, -0.2) is 4.99 Å². The van der Waals surface area contributed by atoms with Gasteiger partial charge in [0.2, 0.25) is 5.91 Å². The number of nitrogens with zero attached hydrogens (tertiary/aromatic N) is 4. The van der Waals surface area contributed by atoms with Gasteiger partial charge in [0.1, 0.15) is 0 Å². The number of hydrogen-bond donors (Lipinski definition) is 2. The molecular weight excluding hydrogens is 566 g/mol. The molecule has 1 saturated heterocycles. The first-order valence-electron chi connectivity index (χ1n) is 12.4. The van der Waals surface area contributed by atoms with E-state index in [1.54, 1.807) is 24.1 Å². The van der Waals surface area contributed by atoms with E-state index < -0.39 is 0 Å². The second kappa shape index (κ2) is 11.3. The Morgan fingerprint density at radius 3 is 2.53 bits per heavy atom. The molecule has 9 heteroatoms. The summed E-state index contributed by atoms with van der Waals surface area (Å²) in [4.78, 5) is 27.2. The van der Waals surface area contributed by atoms with Crippen molar-refractivity contribution in [2.75, 3.05) is 51.7 Å². The summed E-state index contributed by atoms with van der Waals surface area (Å²) in [5.41, 5.74) is 4.26. The number of anilines is 1. The molecule has 2 heterocycles. The first kappa shape index (κ1) is 26.4. The van der Waals surface area contributed by atoms with Crippen LogP contribution in [0.4, 0.5) is 11.4 Å². The van der Waals surface area contributed by atoms with E-state index in [1.807, 2.05) is 54.6 Å². The van der Waals surface area contributed by atoms with E-state index in [4.69, 9.17) is 16.6 Å². The Morgan fingerprint density at radius 1 is 1.08 bits per heavy atom. The van der Waals surface area contributed by atoms with Gasteiger partial charge in [-0.2, -0.15) is 0 Å². The van der Waals surface area contributed by atoms with Crippen molar-refractivity contribution in [1.29, 1.82) is 0 Å². The molecule has 0 atom stereocenters. The predicted octanol–water partition coefficient (Wildman–Crippen LogP) is 5.67. The van der Waals surface area contributed by atoms with Crippen molar-refractivity contribution >= 4 is 61.4 Å². The molecule has 0 aliphatic carbocycles. The lowest BCUT2D eigenvalue weighted by Crippen LogP contribution is -2.48. The van der Waals surface area contributed by atoms with E-state index in [0.29, 0.717) is 28.5 Å². The number of carbonyl (C=O) groups excluding carboxylic acids is 1. The number of aromatic amines is 1. The number of carbonyl (C=O) groups is 1.